The van der Waals surface area contributed by atoms with Gasteiger partial charge in [-0.1, -0.05) is 53.8 Å². The number of furan rings is 1. The molecule has 4 aromatic rings. The first-order valence-corrected chi connectivity index (χ1v) is 10.1. The number of anilines is 1. The third kappa shape index (κ3) is 2.76. The predicted octanol–water partition coefficient (Wildman–Crippen LogP) is 3.75. The number of Topliss-reactive ketones (excluding diaryl/α,β-unsaturated/α-hetero) is 2. The molecule has 2 unspecified atom stereocenters. The van der Waals surface area contributed by atoms with Crippen LogP contribution in [-0.4, -0.2) is 27.7 Å². The molecule has 1 aliphatic rings. The summed E-state index contributed by atoms with van der Waals surface area (Å²) in [6, 6.07) is 15.5. The monoisotopic (exact) mass is 417 g/mol. The Morgan fingerprint density at radius 1 is 1.03 bits per heavy atom. The second-order valence-corrected chi connectivity index (χ2v) is 8.14. The van der Waals surface area contributed by atoms with Gasteiger partial charge in [-0.2, -0.15) is 0 Å². The summed E-state index contributed by atoms with van der Waals surface area (Å²) in [6.07, 6.45) is 1.37. The number of aryl methyl sites for hydroxylation is 1. The molecule has 2 atom stereocenters. The van der Waals surface area contributed by atoms with Crippen LogP contribution in [0.4, 0.5) is 5.13 Å². The Bertz CT molecular complexity index is 1290. The number of hydrogen-bond acceptors (Lipinski definition) is 7. The zero-order valence-electron chi connectivity index (χ0n) is 15.8. The van der Waals surface area contributed by atoms with Crippen LogP contribution in [0.15, 0.2) is 65.3 Å². The first-order valence-electron chi connectivity index (χ1n) is 9.29. The molecule has 0 bridgehead atoms. The van der Waals surface area contributed by atoms with Gasteiger partial charge in [0.05, 0.1) is 12.3 Å². The lowest BCUT2D eigenvalue weighted by Crippen LogP contribution is -2.30. The number of nitrogens with zero attached hydrogens (tertiary/aromatic N) is 3. The number of ketones is 2. The lowest BCUT2D eigenvalue weighted by molar-refractivity contribution is -0.135. The highest BCUT2D eigenvalue weighted by Crippen LogP contribution is 2.44. The third-order valence-corrected chi connectivity index (χ3v) is 6.05. The van der Waals surface area contributed by atoms with E-state index in [1.807, 2.05) is 42.5 Å². The van der Waals surface area contributed by atoms with Gasteiger partial charge in [-0.05, 0) is 35.4 Å². The van der Waals surface area contributed by atoms with Crippen molar-refractivity contribution < 1.29 is 18.8 Å². The zero-order valence-corrected chi connectivity index (χ0v) is 16.6. The van der Waals surface area contributed by atoms with Crippen molar-refractivity contribution in [2.75, 3.05) is 4.90 Å². The van der Waals surface area contributed by atoms with Crippen molar-refractivity contribution in [3.63, 3.8) is 0 Å². The number of rotatable bonds is 4. The maximum atomic E-state index is 13.2. The summed E-state index contributed by atoms with van der Waals surface area (Å²) in [4.78, 5) is 40.7. The van der Waals surface area contributed by atoms with E-state index in [0.29, 0.717) is 15.7 Å². The molecule has 0 saturated carbocycles. The summed E-state index contributed by atoms with van der Waals surface area (Å²) in [5.74, 6) is -3.27. The van der Waals surface area contributed by atoms with Crippen LogP contribution in [0, 0.1) is 12.8 Å². The van der Waals surface area contributed by atoms with Crippen molar-refractivity contribution in [3.8, 4) is 0 Å². The number of carbonyl (C=O) groups is 3. The number of fused-ring (bicyclic) bond motifs is 1. The lowest BCUT2D eigenvalue weighted by Gasteiger charge is -2.25. The van der Waals surface area contributed by atoms with Gasteiger partial charge in [0.25, 0.3) is 5.91 Å². The molecule has 1 aliphatic heterocycles. The average molecular weight is 417 g/mol. The fourth-order valence-electron chi connectivity index (χ4n) is 3.92. The minimum Gasteiger partial charge on any atom is -0.461 e. The van der Waals surface area contributed by atoms with Crippen LogP contribution < -0.4 is 4.90 Å². The van der Waals surface area contributed by atoms with Crippen LogP contribution in [-0.2, 0) is 9.59 Å². The number of aromatic nitrogens is 2. The van der Waals surface area contributed by atoms with E-state index in [2.05, 4.69) is 10.2 Å². The molecule has 0 spiro atoms. The van der Waals surface area contributed by atoms with E-state index in [1.54, 1.807) is 13.0 Å². The first-order chi connectivity index (χ1) is 14.6. The fourth-order valence-corrected chi connectivity index (χ4v) is 4.64. The highest BCUT2D eigenvalue weighted by Gasteiger charge is 2.54. The second-order valence-electron chi connectivity index (χ2n) is 6.98. The van der Waals surface area contributed by atoms with Gasteiger partial charge in [0.1, 0.15) is 10.9 Å². The van der Waals surface area contributed by atoms with Gasteiger partial charge in [0.2, 0.25) is 16.7 Å². The Morgan fingerprint density at radius 2 is 1.83 bits per heavy atom. The second kappa shape index (κ2) is 7.00. The molecule has 1 fully saturated rings. The largest absolute Gasteiger partial charge is 0.461 e. The number of hydrogen-bond donors (Lipinski definition) is 0. The molecule has 0 radical (unpaired) electrons. The minimum absolute atomic E-state index is 0.0432. The van der Waals surface area contributed by atoms with Gasteiger partial charge >= 0.3 is 0 Å². The summed E-state index contributed by atoms with van der Waals surface area (Å²) < 4.78 is 5.25. The van der Waals surface area contributed by atoms with E-state index < -0.39 is 29.4 Å². The van der Waals surface area contributed by atoms with Gasteiger partial charge in [-0.3, -0.25) is 19.3 Å². The van der Waals surface area contributed by atoms with Crippen LogP contribution in [0.1, 0.15) is 27.2 Å². The molecule has 1 amide bonds. The van der Waals surface area contributed by atoms with Crippen molar-refractivity contribution in [1.29, 1.82) is 0 Å². The zero-order chi connectivity index (χ0) is 20.8. The molecule has 8 heteroatoms. The molecule has 148 valence electrons. The Labute approximate surface area is 174 Å². The van der Waals surface area contributed by atoms with Crippen molar-refractivity contribution in [1.82, 2.24) is 10.2 Å². The standard InChI is InChI=1S/C22H15N3O4S/c1-12-23-24-22(30-12)25-18(15-9-4-7-13-6-2-3-8-14(13)15)17(20(27)21(25)28)19(26)16-10-5-11-29-16/h2-11,17-18H,1H3. The Hall–Kier alpha value is -3.65. The lowest BCUT2D eigenvalue weighted by atomic mass is 9.86. The van der Waals surface area contributed by atoms with E-state index >= 15 is 0 Å². The van der Waals surface area contributed by atoms with E-state index in [1.165, 1.54) is 28.6 Å². The summed E-state index contributed by atoms with van der Waals surface area (Å²) in [5, 5.41) is 10.8. The quantitative estimate of drug-likeness (QED) is 0.285. The molecule has 2 aromatic heterocycles. The van der Waals surface area contributed by atoms with Gasteiger partial charge in [0.15, 0.2) is 5.76 Å². The van der Waals surface area contributed by atoms with E-state index in [-0.39, 0.29) is 5.76 Å². The maximum Gasteiger partial charge on any atom is 0.297 e. The predicted molar refractivity (Wildman–Crippen MR) is 110 cm³/mol. The highest BCUT2D eigenvalue weighted by atomic mass is 32.1. The van der Waals surface area contributed by atoms with Gasteiger partial charge < -0.3 is 4.42 Å². The average Bonchev–Trinajstić information content (AvgIpc) is 3.48. The molecular weight excluding hydrogens is 402 g/mol. The molecule has 1 saturated heterocycles. The summed E-state index contributed by atoms with van der Waals surface area (Å²) >= 11 is 1.20. The van der Waals surface area contributed by atoms with Crippen LogP contribution >= 0.6 is 11.3 Å². The fraction of sp³-hybridized carbons (Fsp3) is 0.136. The Morgan fingerprint density at radius 3 is 2.57 bits per heavy atom. The summed E-state index contributed by atoms with van der Waals surface area (Å²) in [7, 11) is 0. The first kappa shape index (κ1) is 18.4. The van der Waals surface area contributed by atoms with Crippen LogP contribution in [0.25, 0.3) is 10.8 Å². The van der Waals surface area contributed by atoms with Crippen molar-refractivity contribution >= 4 is 44.7 Å². The molecule has 30 heavy (non-hydrogen) atoms. The topological polar surface area (TPSA) is 93.4 Å². The minimum atomic E-state index is -1.24. The summed E-state index contributed by atoms with van der Waals surface area (Å²) in [5.41, 5.74) is 0.699. The van der Waals surface area contributed by atoms with E-state index in [4.69, 9.17) is 4.42 Å². The van der Waals surface area contributed by atoms with Gasteiger partial charge in [-0.15, -0.1) is 10.2 Å². The molecule has 3 heterocycles. The molecule has 2 aromatic carbocycles. The van der Waals surface area contributed by atoms with E-state index in [0.717, 1.165) is 10.8 Å². The summed E-state index contributed by atoms with van der Waals surface area (Å²) in [6.45, 7) is 1.77. The molecule has 7 nitrogen and oxygen atoms in total. The molecule has 5 rings (SSSR count). The molecular formula is C22H15N3O4S. The van der Waals surface area contributed by atoms with Crippen molar-refractivity contribution in [2.24, 2.45) is 5.92 Å². The Balaban J connectivity index is 1.74. The van der Waals surface area contributed by atoms with Crippen LogP contribution in [0.2, 0.25) is 0 Å². The normalized spacial score (nSPS) is 19.0. The number of amides is 1. The SMILES string of the molecule is Cc1nnc(N2C(=O)C(=O)C(C(=O)c3ccco3)C2c2cccc3ccccc23)s1. The third-order valence-electron chi connectivity index (χ3n) is 5.22. The number of benzene rings is 2. The molecule has 0 aliphatic carbocycles. The van der Waals surface area contributed by atoms with Crippen LogP contribution in [0.5, 0.6) is 0 Å². The van der Waals surface area contributed by atoms with Crippen molar-refractivity contribution in [3.05, 3.63) is 77.2 Å². The number of carbonyl (C=O) groups excluding carboxylic acids is 3. The van der Waals surface area contributed by atoms with Crippen LogP contribution in [0.3, 0.4) is 0 Å². The van der Waals surface area contributed by atoms with Crippen molar-refractivity contribution in [2.45, 2.75) is 13.0 Å². The van der Waals surface area contributed by atoms with Gasteiger partial charge in [-0.25, -0.2) is 0 Å². The highest BCUT2D eigenvalue weighted by molar-refractivity contribution is 7.15. The van der Waals surface area contributed by atoms with Gasteiger partial charge in [0, 0.05) is 0 Å². The van der Waals surface area contributed by atoms with E-state index in [9.17, 15) is 14.4 Å². The smallest absolute Gasteiger partial charge is 0.297 e. The maximum absolute atomic E-state index is 13.2. The molecule has 0 N–H and O–H groups in total. The Kier molecular flexibility index (Phi) is 4.29.